The number of halogens is 2. The zero-order chi connectivity index (χ0) is 17.3. The Balaban J connectivity index is 1.92. The number of amides is 3. The minimum Gasteiger partial charge on any atom is -0.318 e. The molecule has 1 aliphatic heterocycles. The summed E-state index contributed by atoms with van der Waals surface area (Å²) in [4.78, 5) is 24.6. The SMILES string of the molecule is C[C@]1(c2ccccc2)NC(=O)N(/N=C\c2c(F)cccc2F)C1=O. The maximum absolute atomic E-state index is 13.6. The van der Waals surface area contributed by atoms with Crippen LogP contribution in [0.5, 0.6) is 0 Å². The van der Waals surface area contributed by atoms with Gasteiger partial charge in [-0.05, 0) is 24.6 Å². The van der Waals surface area contributed by atoms with Crippen LogP contribution in [-0.2, 0) is 10.3 Å². The summed E-state index contributed by atoms with van der Waals surface area (Å²) in [5, 5.41) is 6.78. The third-order valence-electron chi connectivity index (χ3n) is 3.82. The van der Waals surface area contributed by atoms with Crippen LogP contribution in [-0.4, -0.2) is 23.2 Å². The minimum atomic E-state index is -1.29. The van der Waals surface area contributed by atoms with E-state index in [-0.39, 0.29) is 0 Å². The number of hydrogen-bond donors (Lipinski definition) is 1. The maximum Gasteiger partial charge on any atom is 0.346 e. The summed E-state index contributed by atoms with van der Waals surface area (Å²) in [5.74, 6) is -2.31. The molecular formula is C17H13F2N3O2. The molecule has 0 spiro atoms. The highest BCUT2D eigenvalue weighted by Crippen LogP contribution is 2.28. The average Bonchev–Trinajstić information content (AvgIpc) is 2.79. The Morgan fingerprint density at radius 2 is 1.67 bits per heavy atom. The van der Waals surface area contributed by atoms with Crippen molar-refractivity contribution >= 4 is 18.2 Å². The Morgan fingerprint density at radius 1 is 1.04 bits per heavy atom. The van der Waals surface area contributed by atoms with Crippen LogP contribution in [0.15, 0.2) is 53.6 Å². The molecular weight excluding hydrogens is 316 g/mol. The smallest absolute Gasteiger partial charge is 0.318 e. The molecule has 2 aromatic rings. The quantitative estimate of drug-likeness (QED) is 0.695. The van der Waals surface area contributed by atoms with Crippen molar-refractivity contribution in [1.82, 2.24) is 10.3 Å². The molecule has 7 heteroatoms. The van der Waals surface area contributed by atoms with Crippen molar-refractivity contribution in [3.05, 3.63) is 71.3 Å². The summed E-state index contributed by atoms with van der Waals surface area (Å²) in [6.45, 7) is 1.54. The van der Waals surface area contributed by atoms with Gasteiger partial charge in [0.25, 0.3) is 5.91 Å². The number of benzene rings is 2. The van der Waals surface area contributed by atoms with Gasteiger partial charge in [0.15, 0.2) is 0 Å². The Hall–Kier alpha value is -3.09. The maximum atomic E-state index is 13.6. The number of imide groups is 1. The van der Waals surface area contributed by atoms with Crippen LogP contribution in [0.4, 0.5) is 13.6 Å². The van der Waals surface area contributed by atoms with Gasteiger partial charge in [0.2, 0.25) is 0 Å². The highest BCUT2D eigenvalue weighted by atomic mass is 19.1. The molecule has 1 heterocycles. The number of hydrazone groups is 1. The van der Waals surface area contributed by atoms with Crippen LogP contribution in [0.25, 0.3) is 0 Å². The molecule has 1 saturated heterocycles. The summed E-state index contributed by atoms with van der Waals surface area (Å²) in [7, 11) is 0. The summed E-state index contributed by atoms with van der Waals surface area (Å²) < 4.78 is 27.2. The van der Waals surface area contributed by atoms with E-state index in [1.807, 2.05) is 0 Å². The zero-order valence-electron chi connectivity index (χ0n) is 12.7. The molecule has 0 bridgehead atoms. The van der Waals surface area contributed by atoms with Crippen molar-refractivity contribution in [1.29, 1.82) is 0 Å². The summed E-state index contributed by atoms with van der Waals surface area (Å²) in [5.41, 5.74) is -1.13. The van der Waals surface area contributed by atoms with Gasteiger partial charge in [0, 0.05) is 0 Å². The van der Waals surface area contributed by atoms with E-state index in [4.69, 9.17) is 0 Å². The molecule has 1 atom stereocenters. The van der Waals surface area contributed by atoms with Crippen LogP contribution >= 0.6 is 0 Å². The molecule has 0 unspecified atom stereocenters. The molecule has 3 rings (SSSR count). The summed E-state index contributed by atoms with van der Waals surface area (Å²) in [6, 6.07) is 11.2. The topological polar surface area (TPSA) is 61.8 Å². The predicted octanol–water partition coefficient (Wildman–Crippen LogP) is 2.77. The first-order valence-electron chi connectivity index (χ1n) is 7.14. The van der Waals surface area contributed by atoms with Crippen LogP contribution < -0.4 is 5.32 Å². The van der Waals surface area contributed by atoms with E-state index in [2.05, 4.69) is 10.4 Å². The lowest BCUT2D eigenvalue weighted by Gasteiger charge is -2.20. The van der Waals surface area contributed by atoms with Crippen molar-refractivity contribution in [3.63, 3.8) is 0 Å². The first-order valence-corrected chi connectivity index (χ1v) is 7.14. The molecule has 0 radical (unpaired) electrons. The average molecular weight is 329 g/mol. The fourth-order valence-corrected chi connectivity index (χ4v) is 2.45. The normalized spacial score (nSPS) is 20.7. The zero-order valence-corrected chi connectivity index (χ0v) is 12.7. The van der Waals surface area contributed by atoms with E-state index in [9.17, 15) is 18.4 Å². The van der Waals surface area contributed by atoms with Gasteiger partial charge in [-0.2, -0.15) is 5.10 Å². The number of carbonyl (C=O) groups excluding carboxylic acids is 2. The van der Waals surface area contributed by atoms with Crippen molar-refractivity contribution in [2.24, 2.45) is 5.10 Å². The van der Waals surface area contributed by atoms with Crippen LogP contribution in [0.1, 0.15) is 18.1 Å². The highest BCUT2D eigenvalue weighted by molar-refractivity contribution is 6.07. The first-order chi connectivity index (χ1) is 11.4. The molecule has 0 aliphatic carbocycles. The van der Waals surface area contributed by atoms with Gasteiger partial charge in [-0.15, -0.1) is 5.01 Å². The monoisotopic (exact) mass is 329 g/mol. The molecule has 3 amide bonds. The molecule has 1 N–H and O–H groups in total. The molecule has 24 heavy (non-hydrogen) atoms. The lowest BCUT2D eigenvalue weighted by molar-refractivity contribution is -0.131. The van der Waals surface area contributed by atoms with Gasteiger partial charge in [0.1, 0.15) is 17.2 Å². The fraction of sp³-hybridized carbons (Fsp3) is 0.118. The van der Waals surface area contributed by atoms with Crippen molar-refractivity contribution in [2.45, 2.75) is 12.5 Å². The minimum absolute atomic E-state index is 0.425. The second-order valence-corrected chi connectivity index (χ2v) is 5.42. The van der Waals surface area contributed by atoms with E-state index < -0.39 is 34.7 Å². The molecule has 5 nitrogen and oxygen atoms in total. The number of carbonyl (C=O) groups is 2. The van der Waals surface area contributed by atoms with E-state index in [1.54, 1.807) is 37.3 Å². The number of rotatable bonds is 3. The van der Waals surface area contributed by atoms with Gasteiger partial charge >= 0.3 is 6.03 Å². The van der Waals surface area contributed by atoms with Crippen molar-refractivity contribution in [2.75, 3.05) is 0 Å². The van der Waals surface area contributed by atoms with Crippen LogP contribution in [0, 0.1) is 11.6 Å². The number of hydrogen-bond acceptors (Lipinski definition) is 3. The molecule has 0 aromatic heterocycles. The third-order valence-corrected chi connectivity index (χ3v) is 3.82. The molecule has 0 saturated carbocycles. The van der Waals surface area contributed by atoms with Gasteiger partial charge in [0.05, 0.1) is 11.8 Å². The van der Waals surface area contributed by atoms with Gasteiger partial charge < -0.3 is 5.32 Å². The lowest BCUT2D eigenvalue weighted by atomic mass is 9.92. The first kappa shape index (κ1) is 15.8. The molecule has 122 valence electrons. The Labute approximate surface area is 136 Å². The molecule has 1 aliphatic rings. The largest absolute Gasteiger partial charge is 0.346 e. The van der Waals surface area contributed by atoms with Crippen LogP contribution in [0.3, 0.4) is 0 Å². The van der Waals surface area contributed by atoms with E-state index in [0.717, 1.165) is 18.3 Å². The molecule has 2 aromatic carbocycles. The second-order valence-electron chi connectivity index (χ2n) is 5.42. The van der Waals surface area contributed by atoms with E-state index in [0.29, 0.717) is 10.6 Å². The van der Waals surface area contributed by atoms with Gasteiger partial charge in [-0.3, -0.25) is 4.79 Å². The summed E-state index contributed by atoms with van der Waals surface area (Å²) >= 11 is 0. The third kappa shape index (κ3) is 2.54. The van der Waals surface area contributed by atoms with E-state index >= 15 is 0 Å². The highest BCUT2D eigenvalue weighted by Gasteiger charge is 2.49. The van der Waals surface area contributed by atoms with Crippen molar-refractivity contribution < 1.29 is 18.4 Å². The van der Waals surface area contributed by atoms with E-state index in [1.165, 1.54) is 6.07 Å². The Kier molecular flexibility index (Phi) is 3.84. The Bertz CT molecular complexity index is 819. The number of urea groups is 1. The summed E-state index contributed by atoms with van der Waals surface area (Å²) in [6.07, 6.45) is 0.818. The van der Waals surface area contributed by atoms with Gasteiger partial charge in [-0.1, -0.05) is 36.4 Å². The standard InChI is InChI=1S/C17H13F2N3O2/c1-17(11-6-3-2-4-7-11)15(23)22(16(24)21-17)20-10-12-13(18)8-5-9-14(12)19/h2-10H,1H3,(H,21,24)/b20-10-/t17-/m1/s1. The second kappa shape index (κ2) is 5.84. The van der Waals surface area contributed by atoms with Gasteiger partial charge in [-0.25, -0.2) is 13.6 Å². The predicted molar refractivity (Wildman–Crippen MR) is 83.1 cm³/mol. The fourth-order valence-electron chi connectivity index (χ4n) is 2.45. The number of nitrogens with one attached hydrogen (secondary N) is 1. The molecule has 1 fully saturated rings. The number of nitrogens with zero attached hydrogens (tertiary/aromatic N) is 2. The lowest BCUT2D eigenvalue weighted by Crippen LogP contribution is -2.40. The Morgan fingerprint density at radius 3 is 2.29 bits per heavy atom. The van der Waals surface area contributed by atoms with Crippen LogP contribution in [0.2, 0.25) is 0 Å². The van der Waals surface area contributed by atoms with Crippen molar-refractivity contribution in [3.8, 4) is 0 Å².